The third kappa shape index (κ3) is 3.10. The largest absolute Gasteiger partial charge is 0.369 e. The van der Waals surface area contributed by atoms with Gasteiger partial charge in [0, 0.05) is 12.1 Å². The lowest BCUT2D eigenvalue weighted by atomic mass is 10.2. The van der Waals surface area contributed by atoms with Crippen LogP contribution in [0.25, 0.3) is 11.4 Å². The number of anilines is 1. The summed E-state index contributed by atoms with van der Waals surface area (Å²) in [5.74, 6) is 0.833. The lowest BCUT2D eigenvalue weighted by Crippen LogP contribution is -2.06. The lowest BCUT2D eigenvalue weighted by molar-refractivity contribution is 0.628. The van der Waals surface area contributed by atoms with E-state index in [1.165, 1.54) is 12.1 Å². The Hall–Kier alpha value is -1.20. The average Bonchev–Trinajstić information content (AvgIpc) is 2.41. The Morgan fingerprint density at radius 1 is 1.30 bits per heavy atom. The summed E-state index contributed by atoms with van der Waals surface area (Å²) in [4.78, 5) is 8.94. The molecule has 0 saturated carbocycles. The fourth-order valence-corrected chi connectivity index (χ4v) is 2.65. The third-order valence-corrected chi connectivity index (χ3v) is 3.92. The highest BCUT2D eigenvalue weighted by Gasteiger charge is 2.14. The molecule has 2 rings (SSSR count). The van der Waals surface area contributed by atoms with E-state index in [4.69, 9.17) is 11.6 Å². The molecule has 0 saturated heterocycles. The molecule has 106 valence electrons. The van der Waals surface area contributed by atoms with Gasteiger partial charge in [0.15, 0.2) is 5.82 Å². The highest BCUT2D eigenvalue weighted by atomic mass is 79.9. The number of hydrogen-bond donors (Lipinski definition) is 1. The second-order valence-electron chi connectivity index (χ2n) is 4.16. The van der Waals surface area contributed by atoms with Crippen LogP contribution in [0, 0.1) is 5.82 Å². The van der Waals surface area contributed by atoms with Crippen molar-refractivity contribution in [1.82, 2.24) is 9.97 Å². The Bertz CT molecular complexity index is 634. The van der Waals surface area contributed by atoms with E-state index in [-0.39, 0.29) is 5.82 Å². The highest BCUT2D eigenvalue weighted by molar-refractivity contribution is 9.10. The average molecular weight is 359 g/mol. The van der Waals surface area contributed by atoms with Crippen LogP contribution in [0.4, 0.5) is 10.2 Å². The van der Waals surface area contributed by atoms with Crippen molar-refractivity contribution in [3.05, 3.63) is 39.2 Å². The zero-order chi connectivity index (χ0) is 14.7. The van der Waals surface area contributed by atoms with Crippen molar-refractivity contribution >= 4 is 33.3 Å². The molecule has 0 aliphatic rings. The molecule has 1 aromatic heterocycles. The Labute approximate surface area is 130 Å². The molecule has 0 aliphatic heterocycles. The first-order valence-corrected chi connectivity index (χ1v) is 7.49. The normalized spacial score (nSPS) is 10.7. The van der Waals surface area contributed by atoms with Crippen LogP contribution in [-0.4, -0.2) is 16.5 Å². The fourth-order valence-electron chi connectivity index (χ4n) is 1.80. The van der Waals surface area contributed by atoms with Gasteiger partial charge in [-0.25, -0.2) is 14.4 Å². The summed E-state index contributed by atoms with van der Waals surface area (Å²) in [5, 5.41) is 3.48. The first kappa shape index (κ1) is 15.2. The monoisotopic (exact) mass is 357 g/mol. The molecule has 0 radical (unpaired) electrons. The molecule has 0 aliphatic carbocycles. The van der Waals surface area contributed by atoms with Gasteiger partial charge in [-0.3, -0.25) is 0 Å². The molecule has 0 unspecified atom stereocenters. The minimum atomic E-state index is -0.376. The van der Waals surface area contributed by atoms with Gasteiger partial charge in [0.2, 0.25) is 0 Å². The number of nitrogens with one attached hydrogen (secondary N) is 1. The van der Waals surface area contributed by atoms with Crippen LogP contribution in [0.5, 0.6) is 0 Å². The molecule has 1 aromatic carbocycles. The number of nitrogens with zero attached hydrogens (tertiary/aromatic N) is 2. The summed E-state index contributed by atoms with van der Waals surface area (Å²) in [6.07, 6.45) is 0.757. The summed E-state index contributed by atoms with van der Waals surface area (Å²) in [6, 6.07) is 4.21. The van der Waals surface area contributed by atoms with E-state index in [0.29, 0.717) is 16.4 Å². The molecular weight excluding hydrogens is 345 g/mol. The van der Waals surface area contributed by atoms with Crippen molar-refractivity contribution in [3.63, 3.8) is 0 Å². The minimum absolute atomic E-state index is 0.303. The van der Waals surface area contributed by atoms with Gasteiger partial charge in [0.05, 0.1) is 15.2 Å². The van der Waals surface area contributed by atoms with Crippen LogP contribution >= 0.6 is 27.5 Å². The number of hydrogen-bond acceptors (Lipinski definition) is 3. The van der Waals surface area contributed by atoms with Crippen LogP contribution in [0.2, 0.25) is 5.02 Å². The first-order chi connectivity index (χ1) is 9.56. The molecule has 20 heavy (non-hydrogen) atoms. The molecule has 1 N–H and O–H groups in total. The predicted molar refractivity (Wildman–Crippen MR) is 83.7 cm³/mol. The zero-order valence-corrected chi connectivity index (χ0v) is 13.5. The van der Waals surface area contributed by atoms with Crippen molar-refractivity contribution in [2.24, 2.45) is 0 Å². The third-order valence-electron chi connectivity index (χ3n) is 2.77. The maximum Gasteiger partial charge on any atom is 0.163 e. The van der Waals surface area contributed by atoms with Crippen LogP contribution in [0.15, 0.2) is 22.7 Å². The molecule has 0 fully saturated rings. The van der Waals surface area contributed by atoms with E-state index in [2.05, 4.69) is 31.2 Å². The number of rotatable bonds is 4. The zero-order valence-electron chi connectivity index (χ0n) is 11.2. The highest BCUT2D eigenvalue weighted by Crippen LogP contribution is 2.31. The van der Waals surface area contributed by atoms with Crippen molar-refractivity contribution in [3.8, 4) is 11.4 Å². The molecular formula is C14H14BrClFN3. The summed E-state index contributed by atoms with van der Waals surface area (Å²) in [6.45, 7) is 4.75. The van der Waals surface area contributed by atoms with Gasteiger partial charge in [-0.15, -0.1) is 0 Å². The number of halogens is 3. The molecule has 0 bridgehead atoms. The van der Waals surface area contributed by atoms with E-state index < -0.39 is 0 Å². The molecule has 1 heterocycles. The van der Waals surface area contributed by atoms with Gasteiger partial charge in [-0.1, -0.05) is 18.5 Å². The number of benzene rings is 1. The minimum Gasteiger partial charge on any atom is -0.369 e. The predicted octanol–water partition coefficient (Wildman–Crippen LogP) is 4.69. The molecule has 0 spiro atoms. The quantitative estimate of drug-likeness (QED) is 0.861. The van der Waals surface area contributed by atoms with Crippen molar-refractivity contribution in [2.75, 3.05) is 11.9 Å². The summed E-state index contributed by atoms with van der Waals surface area (Å²) in [5.41, 5.74) is 1.50. The smallest absolute Gasteiger partial charge is 0.163 e. The van der Waals surface area contributed by atoms with E-state index in [1.807, 2.05) is 13.8 Å². The van der Waals surface area contributed by atoms with Gasteiger partial charge in [0.25, 0.3) is 0 Å². The van der Waals surface area contributed by atoms with Gasteiger partial charge in [-0.05, 0) is 47.5 Å². The second-order valence-corrected chi connectivity index (χ2v) is 5.36. The van der Waals surface area contributed by atoms with Crippen molar-refractivity contribution < 1.29 is 4.39 Å². The van der Waals surface area contributed by atoms with Crippen LogP contribution in [0.3, 0.4) is 0 Å². The molecule has 0 amide bonds. The van der Waals surface area contributed by atoms with Gasteiger partial charge >= 0.3 is 0 Å². The Morgan fingerprint density at radius 3 is 2.65 bits per heavy atom. The standard InChI is InChI=1S/C14H14BrClFN3/c1-3-11-12(15)14(18-4-2)20-13(19-11)9-6-5-8(17)7-10(9)16/h5-7H,3-4H2,1-2H3,(H,18,19,20). The maximum atomic E-state index is 13.1. The van der Waals surface area contributed by atoms with E-state index >= 15 is 0 Å². The van der Waals surface area contributed by atoms with Crippen molar-refractivity contribution in [1.29, 1.82) is 0 Å². The topological polar surface area (TPSA) is 37.8 Å². The van der Waals surface area contributed by atoms with Gasteiger partial charge in [-0.2, -0.15) is 0 Å². The van der Waals surface area contributed by atoms with Crippen molar-refractivity contribution in [2.45, 2.75) is 20.3 Å². The van der Waals surface area contributed by atoms with E-state index in [0.717, 1.165) is 29.0 Å². The van der Waals surface area contributed by atoms with Crippen LogP contribution in [0.1, 0.15) is 19.5 Å². The van der Waals surface area contributed by atoms with Crippen LogP contribution in [-0.2, 0) is 6.42 Å². The summed E-state index contributed by atoms with van der Waals surface area (Å²) in [7, 11) is 0. The second kappa shape index (κ2) is 6.50. The summed E-state index contributed by atoms with van der Waals surface area (Å²) >= 11 is 9.58. The summed E-state index contributed by atoms with van der Waals surface area (Å²) < 4.78 is 14.0. The number of aryl methyl sites for hydroxylation is 1. The Morgan fingerprint density at radius 2 is 2.05 bits per heavy atom. The van der Waals surface area contributed by atoms with Gasteiger partial charge in [0.1, 0.15) is 11.6 Å². The molecule has 2 aromatic rings. The fraction of sp³-hybridized carbons (Fsp3) is 0.286. The lowest BCUT2D eigenvalue weighted by Gasteiger charge is -2.12. The van der Waals surface area contributed by atoms with E-state index in [9.17, 15) is 4.39 Å². The van der Waals surface area contributed by atoms with Crippen LogP contribution < -0.4 is 5.32 Å². The van der Waals surface area contributed by atoms with Gasteiger partial charge < -0.3 is 5.32 Å². The first-order valence-electron chi connectivity index (χ1n) is 6.32. The molecule has 6 heteroatoms. The molecule has 3 nitrogen and oxygen atoms in total. The molecule has 0 atom stereocenters. The maximum absolute atomic E-state index is 13.1. The van der Waals surface area contributed by atoms with E-state index in [1.54, 1.807) is 6.07 Å². The SMILES string of the molecule is CCNc1nc(-c2ccc(F)cc2Cl)nc(CC)c1Br. The number of aromatic nitrogens is 2. The Kier molecular flexibility index (Phi) is 4.94. The Balaban J connectivity index is 2.58.